The van der Waals surface area contributed by atoms with Crippen LogP contribution in [0, 0.1) is 5.92 Å². The van der Waals surface area contributed by atoms with Crippen molar-refractivity contribution in [1.29, 1.82) is 0 Å². The highest BCUT2D eigenvalue weighted by molar-refractivity contribution is 9.10. The predicted molar refractivity (Wildman–Crippen MR) is 97.9 cm³/mol. The molecule has 0 radical (unpaired) electrons. The SMILES string of the molecule is O=C1C(c2cccc(Br)c2)=CC(O)(C2CC2)N1OCc1ccccc1. The first-order chi connectivity index (χ1) is 12.1. The van der Waals surface area contributed by atoms with Gasteiger partial charge in [0.2, 0.25) is 0 Å². The van der Waals surface area contributed by atoms with Gasteiger partial charge in [0, 0.05) is 16.0 Å². The van der Waals surface area contributed by atoms with Gasteiger partial charge in [-0.2, -0.15) is 5.06 Å². The average Bonchev–Trinajstić information content (AvgIpc) is 3.43. The van der Waals surface area contributed by atoms with Crippen molar-refractivity contribution < 1.29 is 14.7 Å². The molecule has 2 aromatic rings. The van der Waals surface area contributed by atoms with Gasteiger partial charge in [-0.25, -0.2) is 0 Å². The summed E-state index contributed by atoms with van der Waals surface area (Å²) in [5.41, 5.74) is 0.821. The summed E-state index contributed by atoms with van der Waals surface area (Å²) in [6, 6.07) is 17.1. The van der Waals surface area contributed by atoms with Crippen LogP contribution in [-0.2, 0) is 16.2 Å². The van der Waals surface area contributed by atoms with Crippen molar-refractivity contribution >= 4 is 27.4 Å². The van der Waals surface area contributed by atoms with Crippen LogP contribution in [0.1, 0.15) is 24.0 Å². The average molecular weight is 400 g/mol. The Morgan fingerprint density at radius 2 is 1.92 bits per heavy atom. The number of carbonyl (C=O) groups is 1. The molecule has 128 valence electrons. The minimum atomic E-state index is -1.37. The van der Waals surface area contributed by atoms with Crippen molar-refractivity contribution in [1.82, 2.24) is 5.06 Å². The van der Waals surface area contributed by atoms with E-state index < -0.39 is 5.72 Å². The fourth-order valence-electron chi connectivity index (χ4n) is 3.13. The third kappa shape index (κ3) is 3.15. The van der Waals surface area contributed by atoms with Crippen LogP contribution in [0.15, 0.2) is 65.1 Å². The lowest BCUT2D eigenvalue weighted by atomic mass is 10.0. The molecule has 2 aliphatic rings. The summed E-state index contributed by atoms with van der Waals surface area (Å²) in [7, 11) is 0. The minimum Gasteiger partial charge on any atom is -0.365 e. The van der Waals surface area contributed by atoms with E-state index in [9.17, 15) is 9.90 Å². The van der Waals surface area contributed by atoms with Gasteiger partial charge in [-0.3, -0.25) is 9.63 Å². The van der Waals surface area contributed by atoms with Crippen LogP contribution in [0.4, 0.5) is 0 Å². The lowest BCUT2D eigenvalue weighted by Crippen LogP contribution is -2.47. The second-order valence-corrected chi connectivity index (χ2v) is 7.40. The number of hydrogen-bond acceptors (Lipinski definition) is 3. The van der Waals surface area contributed by atoms with Crippen LogP contribution in [-0.4, -0.2) is 21.8 Å². The van der Waals surface area contributed by atoms with Crippen molar-refractivity contribution in [3.05, 3.63) is 76.3 Å². The zero-order chi connectivity index (χ0) is 17.4. The molecule has 1 heterocycles. The molecule has 1 fully saturated rings. The van der Waals surface area contributed by atoms with E-state index >= 15 is 0 Å². The number of carbonyl (C=O) groups excluding carboxylic acids is 1. The van der Waals surface area contributed by atoms with Crippen LogP contribution >= 0.6 is 15.9 Å². The molecule has 5 heteroatoms. The molecule has 1 N–H and O–H groups in total. The monoisotopic (exact) mass is 399 g/mol. The zero-order valence-electron chi connectivity index (χ0n) is 13.6. The summed E-state index contributed by atoms with van der Waals surface area (Å²) >= 11 is 3.43. The van der Waals surface area contributed by atoms with Crippen LogP contribution in [0.5, 0.6) is 0 Å². The van der Waals surface area contributed by atoms with Crippen molar-refractivity contribution in [2.75, 3.05) is 0 Å². The van der Waals surface area contributed by atoms with Gasteiger partial charge in [-0.1, -0.05) is 58.4 Å². The van der Waals surface area contributed by atoms with Gasteiger partial charge in [0.15, 0.2) is 5.72 Å². The summed E-state index contributed by atoms with van der Waals surface area (Å²) in [5.74, 6) is -0.277. The molecule has 1 aliphatic carbocycles. The molecule has 1 saturated carbocycles. The van der Waals surface area contributed by atoms with Crippen LogP contribution in [0.2, 0.25) is 0 Å². The summed E-state index contributed by atoms with van der Waals surface area (Å²) < 4.78 is 0.886. The van der Waals surface area contributed by atoms with Crippen LogP contribution in [0.3, 0.4) is 0 Å². The minimum absolute atomic E-state index is 0.0249. The number of hydroxylamine groups is 2. The van der Waals surface area contributed by atoms with E-state index in [4.69, 9.17) is 4.84 Å². The van der Waals surface area contributed by atoms with Gasteiger partial charge >= 0.3 is 0 Å². The highest BCUT2D eigenvalue weighted by Crippen LogP contribution is 2.48. The molecule has 0 saturated heterocycles. The molecule has 1 amide bonds. The van der Waals surface area contributed by atoms with Gasteiger partial charge in [-0.05, 0) is 42.2 Å². The second kappa shape index (κ2) is 6.41. The predicted octanol–water partition coefficient (Wildman–Crippen LogP) is 3.91. The number of benzene rings is 2. The number of halogens is 1. The Morgan fingerprint density at radius 3 is 2.60 bits per heavy atom. The van der Waals surface area contributed by atoms with Gasteiger partial charge < -0.3 is 5.11 Å². The largest absolute Gasteiger partial charge is 0.365 e. The maximum atomic E-state index is 12.9. The third-order valence-electron chi connectivity index (χ3n) is 4.61. The Hall–Kier alpha value is -1.95. The number of amides is 1. The first-order valence-corrected chi connectivity index (χ1v) is 9.10. The fourth-order valence-corrected chi connectivity index (χ4v) is 3.53. The second-order valence-electron chi connectivity index (χ2n) is 6.48. The Labute approximate surface area is 154 Å². The van der Waals surface area contributed by atoms with Gasteiger partial charge in [0.1, 0.15) is 6.61 Å². The summed E-state index contributed by atoms with van der Waals surface area (Å²) in [5, 5.41) is 12.3. The molecule has 2 aromatic carbocycles. The molecule has 4 rings (SSSR count). The zero-order valence-corrected chi connectivity index (χ0v) is 15.1. The van der Waals surface area contributed by atoms with Crippen molar-refractivity contribution in [3.8, 4) is 0 Å². The highest BCUT2D eigenvalue weighted by Gasteiger charge is 2.54. The number of rotatable bonds is 5. The van der Waals surface area contributed by atoms with E-state index in [-0.39, 0.29) is 18.4 Å². The van der Waals surface area contributed by atoms with E-state index in [2.05, 4.69) is 15.9 Å². The maximum absolute atomic E-state index is 12.9. The smallest absolute Gasteiger partial charge is 0.280 e. The summed E-state index contributed by atoms with van der Waals surface area (Å²) in [6.07, 6.45) is 3.42. The maximum Gasteiger partial charge on any atom is 0.280 e. The first-order valence-electron chi connectivity index (χ1n) is 8.30. The van der Waals surface area contributed by atoms with Gasteiger partial charge in [-0.15, -0.1) is 0 Å². The van der Waals surface area contributed by atoms with E-state index in [1.807, 2.05) is 54.6 Å². The highest BCUT2D eigenvalue weighted by atomic mass is 79.9. The summed E-state index contributed by atoms with van der Waals surface area (Å²) in [6.45, 7) is 0.237. The molecular weight excluding hydrogens is 382 g/mol. The normalized spacial score (nSPS) is 23.0. The molecule has 25 heavy (non-hydrogen) atoms. The Kier molecular flexibility index (Phi) is 4.23. The Bertz CT molecular complexity index is 832. The molecule has 1 aliphatic heterocycles. The lowest BCUT2D eigenvalue weighted by molar-refractivity contribution is -0.263. The molecule has 0 aromatic heterocycles. The molecule has 0 bridgehead atoms. The Morgan fingerprint density at radius 1 is 1.16 bits per heavy atom. The van der Waals surface area contributed by atoms with Crippen molar-refractivity contribution in [2.24, 2.45) is 5.92 Å². The summed E-state index contributed by atoms with van der Waals surface area (Å²) in [4.78, 5) is 18.7. The third-order valence-corrected chi connectivity index (χ3v) is 5.11. The first kappa shape index (κ1) is 16.5. The number of nitrogens with zero attached hydrogens (tertiary/aromatic N) is 1. The van der Waals surface area contributed by atoms with E-state index in [1.54, 1.807) is 6.08 Å². The molecule has 0 spiro atoms. The van der Waals surface area contributed by atoms with E-state index in [1.165, 1.54) is 0 Å². The Balaban J connectivity index is 1.62. The van der Waals surface area contributed by atoms with Crippen LogP contribution in [0.25, 0.3) is 5.57 Å². The van der Waals surface area contributed by atoms with Gasteiger partial charge in [0.05, 0.1) is 0 Å². The van der Waals surface area contributed by atoms with Crippen molar-refractivity contribution in [2.45, 2.75) is 25.2 Å². The van der Waals surface area contributed by atoms with Gasteiger partial charge in [0.25, 0.3) is 5.91 Å². The van der Waals surface area contributed by atoms with E-state index in [0.717, 1.165) is 33.5 Å². The molecular formula is C20H18BrNO3. The standard InChI is InChI=1S/C20H18BrNO3/c21-17-8-4-7-15(11-17)18-12-20(24,16-9-10-16)22(19(18)23)25-13-14-5-2-1-3-6-14/h1-8,11-12,16,24H,9-10,13H2. The topological polar surface area (TPSA) is 49.8 Å². The number of aliphatic hydroxyl groups is 1. The van der Waals surface area contributed by atoms with Crippen LogP contribution < -0.4 is 0 Å². The van der Waals surface area contributed by atoms with E-state index in [0.29, 0.717) is 5.57 Å². The molecule has 4 nitrogen and oxygen atoms in total. The molecule has 1 atom stereocenters. The lowest BCUT2D eigenvalue weighted by Gasteiger charge is -2.31. The number of hydrogen-bond donors (Lipinski definition) is 1. The van der Waals surface area contributed by atoms with Crippen molar-refractivity contribution in [3.63, 3.8) is 0 Å². The quantitative estimate of drug-likeness (QED) is 0.828. The fraction of sp³-hybridized carbons (Fsp3) is 0.250. The molecule has 1 unspecified atom stereocenters.